The number of anilines is 1. The van der Waals surface area contributed by atoms with E-state index in [1.807, 2.05) is 0 Å². The zero-order chi connectivity index (χ0) is 25.2. The number of carbonyl (C=O) groups excluding carboxylic acids is 1. The number of aromatic nitrogens is 3. The summed E-state index contributed by atoms with van der Waals surface area (Å²) in [6, 6.07) is 1.27. The van der Waals surface area contributed by atoms with Crippen LogP contribution >= 0.6 is 0 Å². The lowest BCUT2D eigenvalue weighted by atomic mass is 10.1. The molecule has 0 radical (unpaired) electrons. The molecule has 0 bridgehead atoms. The largest absolute Gasteiger partial charge is 0.434 e. The maximum atomic E-state index is 14.8. The number of nitrogen functional groups attached to an aromatic ring is 1. The highest BCUT2D eigenvalue weighted by molar-refractivity contribution is 6.10. The maximum Gasteiger partial charge on any atom is 0.434 e. The van der Waals surface area contributed by atoms with Crippen molar-refractivity contribution in [1.82, 2.24) is 20.1 Å². The van der Waals surface area contributed by atoms with Crippen LogP contribution < -0.4 is 11.1 Å². The number of azo groups is 1. The molecule has 3 rings (SSSR count). The van der Waals surface area contributed by atoms with E-state index in [1.165, 1.54) is 16.9 Å². The van der Waals surface area contributed by atoms with Crippen molar-refractivity contribution in [2.45, 2.75) is 19.1 Å². The maximum absolute atomic E-state index is 14.8. The van der Waals surface area contributed by atoms with Gasteiger partial charge in [-0.1, -0.05) is 13.2 Å². The Morgan fingerprint density at radius 1 is 1.29 bits per heavy atom. The third-order valence-electron chi connectivity index (χ3n) is 4.86. The van der Waals surface area contributed by atoms with E-state index in [0.717, 1.165) is 6.07 Å². The monoisotopic (exact) mass is 479 g/mol. The Balaban J connectivity index is 1.94. The van der Waals surface area contributed by atoms with Crippen LogP contribution in [-0.2, 0) is 11.8 Å². The number of fused-ring (bicyclic) bond motifs is 3. The van der Waals surface area contributed by atoms with Crippen LogP contribution in [0.5, 0.6) is 0 Å². The molecule has 1 amide bonds. The van der Waals surface area contributed by atoms with E-state index in [1.54, 1.807) is 14.0 Å². The van der Waals surface area contributed by atoms with Crippen molar-refractivity contribution in [2.24, 2.45) is 17.3 Å². The fourth-order valence-electron chi connectivity index (χ4n) is 3.10. The summed E-state index contributed by atoms with van der Waals surface area (Å²) in [6.07, 6.45) is -3.27. The molecule has 0 aliphatic heterocycles. The van der Waals surface area contributed by atoms with Gasteiger partial charge in [0.15, 0.2) is 5.70 Å². The topological polar surface area (TPSA) is 120 Å². The van der Waals surface area contributed by atoms with E-state index in [-0.39, 0.29) is 35.8 Å². The van der Waals surface area contributed by atoms with Crippen molar-refractivity contribution in [2.75, 3.05) is 18.9 Å². The molecule has 3 N–H and O–H groups in total. The number of nitrogens with two attached hydrogens (primary N) is 1. The van der Waals surface area contributed by atoms with Gasteiger partial charge in [0, 0.05) is 25.1 Å². The Labute approximate surface area is 191 Å². The van der Waals surface area contributed by atoms with E-state index in [4.69, 9.17) is 10.5 Å². The fourth-order valence-corrected chi connectivity index (χ4v) is 3.10. The highest BCUT2D eigenvalue weighted by atomic mass is 19.4. The van der Waals surface area contributed by atoms with Crippen molar-refractivity contribution in [3.05, 3.63) is 54.3 Å². The summed E-state index contributed by atoms with van der Waals surface area (Å²) in [5, 5.41) is 14.0. The van der Waals surface area contributed by atoms with Crippen LogP contribution in [0.2, 0.25) is 0 Å². The summed E-state index contributed by atoms with van der Waals surface area (Å²) in [5.41, 5.74) is 4.67. The number of nitrogens with zero attached hydrogens (tertiary/aromatic N) is 5. The number of alkyl halides is 3. The normalized spacial score (nSPS) is 13.0. The van der Waals surface area contributed by atoms with Crippen LogP contribution in [-0.4, -0.2) is 46.1 Å². The predicted octanol–water partition coefficient (Wildman–Crippen LogP) is 4.02. The first-order chi connectivity index (χ1) is 15.9. The molecule has 9 nitrogen and oxygen atoms in total. The van der Waals surface area contributed by atoms with E-state index < -0.39 is 29.6 Å². The standard InChI is InChI=1S/C21H21F4N7O2/c1-5-34-9-17(10(2)30-31-11(3)21(23,24)25)29-20(33)12-6-13-16(7-15(12)22)28-19(26)14-8-27-32(4)18(13)14/h6-8,17H,2-3,5,9H2,1,4H3,(H2,26,28)(H,29,33)/t17-/m1/s1. The smallest absolute Gasteiger partial charge is 0.383 e. The Morgan fingerprint density at radius 3 is 2.65 bits per heavy atom. The van der Waals surface area contributed by atoms with E-state index in [0.29, 0.717) is 16.3 Å². The van der Waals surface area contributed by atoms with E-state index in [2.05, 4.69) is 38.8 Å². The summed E-state index contributed by atoms with van der Waals surface area (Å²) >= 11 is 0. The van der Waals surface area contributed by atoms with Gasteiger partial charge in [0.1, 0.15) is 11.6 Å². The summed E-state index contributed by atoms with van der Waals surface area (Å²) in [7, 11) is 1.66. The summed E-state index contributed by atoms with van der Waals surface area (Å²) in [4.78, 5) is 17.1. The molecule has 0 aliphatic carbocycles. The molecule has 0 fully saturated rings. The van der Waals surface area contributed by atoms with Crippen LogP contribution in [0.1, 0.15) is 17.3 Å². The second kappa shape index (κ2) is 9.55. The van der Waals surface area contributed by atoms with Gasteiger partial charge in [0.05, 0.1) is 46.5 Å². The van der Waals surface area contributed by atoms with E-state index >= 15 is 0 Å². The van der Waals surface area contributed by atoms with Crippen LogP contribution in [0.15, 0.2) is 53.1 Å². The molecular formula is C21H21F4N7O2. The number of benzene rings is 1. The third kappa shape index (κ3) is 5.03. The van der Waals surface area contributed by atoms with Gasteiger partial charge in [0.25, 0.3) is 5.91 Å². The van der Waals surface area contributed by atoms with Crippen molar-refractivity contribution in [1.29, 1.82) is 0 Å². The third-order valence-corrected chi connectivity index (χ3v) is 4.86. The van der Waals surface area contributed by atoms with Crippen LogP contribution in [0, 0.1) is 5.82 Å². The molecule has 13 heteroatoms. The van der Waals surface area contributed by atoms with Crippen molar-refractivity contribution in [3.63, 3.8) is 0 Å². The van der Waals surface area contributed by atoms with Gasteiger partial charge in [-0.2, -0.15) is 23.4 Å². The second-order valence-electron chi connectivity index (χ2n) is 7.20. The van der Waals surface area contributed by atoms with E-state index in [9.17, 15) is 22.4 Å². The Morgan fingerprint density at radius 2 is 2.00 bits per heavy atom. The minimum absolute atomic E-state index is 0.158. The number of pyridine rings is 1. The van der Waals surface area contributed by atoms with Crippen LogP contribution in [0.4, 0.5) is 23.4 Å². The Kier molecular flexibility index (Phi) is 6.96. The predicted molar refractivity (Wildman–Crippen MR) is 117 cm³/mol. The number of nitrogens with one attached hydrogen (secondary N) is 1. The van der Waals surface area contributed by atoms with Crippen molar-refractivity contribution >= 4 is 33.5 Å². The fraction of sp³-hybridized carbons (Fsp3) is 0.286. The lowest BCUT2D eigenvalue weighted by Crippen LogP contribution is -2.39. The van der Waals surface area contributed by atoms with Gasteiger partial charge in [-0.05, 0) is 13.0 Å². The average Bonchev–Trinajstić information content (AvgIpc) is 3.15. The Hall–Kier alpha value is -3.87. The number of aryl methyl sites for hydroxylation is 1. The number of halogens is 4. The zero-order valence-corrected chi connectivity index (χ0v) is 18.3. The summed E-state index contributed by atoms with van der Waals surface area (Å²) in [6.45, 7) is 8.06. The molecule has 1 atom stereocenters. The van der Waals surface area contributed by atoms with Crippen molar-refractivity contribution in [3.8, 4) is 0 Å². The number of allylic oxidation sites excluding steroid dienone is 1. The highest BCUT2D eigenvalue weighted by Gasteiger charge is 2.32. The molecule has 180 valence electrons. The molecule has 0 unspecified atom stereocenters. The number of hydrogen-bond donors (Lipinski definition) is 2. The lowest BCUT2D eigenvalue weighted by molar-refractivity contribution is -0.0926. The lowest BCUT2D eigenvalue weighted by Gasteiger charge is -2.18. The first-order valence-electron chi connectivity index (χ1n) is 9.89. The number of rotatable bonds is 8. The number of hydrogen-bond acceptors (Lipinski definition) is 7. The molecule has 0 spiro atoms. The van der Waals surface area contributed by atoms with Gasteiger partial charge in [-0.3, -0.25) is 9.48 Å². The zero-order valence-electron chi connectivity index (χ0n) is 18.3. The molecular weight excluding hydrogens is 458 g/mol. The van der Waals surface area contributed by atoms with Gasteiger partial charge in [0.2, 0.25) is 0 Å². The quantitative estimate of drug-likeness (QED) is 0.374. The molecule has 2 heterocycles. The van der Waals surface area contributed by atoms with Crippen LogP contribution in [0.3, 0.4) is 0 Å². The SMILES string of the molecule is C=C(N=NC(=C)C(F)(F)F)[C@@H](COCC)NC(=O)c1cc2c(cc1F)nc(N)c1cnn(C)c12. The van der Waals surface area contributed by atoms with Crippen molar-refractivity contribution < 1.29 is 27.1 Å². The van der Waals surface area contributed by atoms with Crippen LogP contribution in [0.25, 0.3) is 21.8 Å². The minimum Gasteiger partial charge on any atom is -0.383 e. The van der Waals surface area contributed by atoms with Gasteiger partial charge in [-0.15, -0.1) is 5.11 Å². The second-order valence-corrected chi connectivity index (χ2v) is 7.20. The molecule has 2 aromatic heterocycles. The number of carbonyl (C=O) groups is 1. The molecule has 0 saturated heterocycles. The summed E-state index contributed by atoms with van der Waals surface area (Å²) in [5.74, 6) is -1.60. The first-order valence-corrected chi connectivity index (χ1v) is 9.89. The molecule has 0 aliphatic rings. The molecule has 3 aromatic rings. The minimum atomic E-state index is -4.77. The highest BCUT2D eigenvalue weighted by Crippen LogP contribution is 2.29. The number of amides is 1. The molecule has 34 heavy (non-hydrogen) atoms. The molecule has 0 saturated carbocycles. The molecule has 1 aromatic carbocycles. The van der Waals surface area contributed by atoms with Gasteiger partial charge >= 0.3 is 6.18 Å². The first kappa shape index (κ1) is 24.8. The van der Waals surface area contributed by atoms with Gasteiger partial charge in [-0.25, -0.2) is 9.37 Å². The summed E-state index contributed by atoms with van der Waals surface area (Å²) < 4.78 is 59.4. The Bertz CT molecular complexity index is 1310. The number of ether oxygens (including phenoxy) is 1. The average molecular weight is 479 g/mol. The van der Waals surface area contributed by atoms with Gasteiger partial charge < -0.3 is 15.8 Å².